The minimum Gasteiger partial charge on any atom is -0.489 e. The number of esters is 1. The Kier molecular flexibility index (Phi) is 4.58. The summed E-state index contributed by atoms with van der Waals surface area (Å²) in [4.78, 5) is 10.9. The van der Waals surface area contributed by atoms with Crippen molar-refractivity contribution in [3.05, 3.63) is 53.5 Å². The van der Waals surface area contributed by atoms with Crippen molar-refractivity contribution in [2.45, 2.75) is 0 Å². The Morgan fingerprint density at radius 1 is 1.21 bits per heavy atom. The molecule has 2 rings (SSSR count). The molecule has 0 aliphatic carbocycles. The van der Waals surface area contributed by atoms with E-state index in [0.717, 1.165) is 27.1 Å². The largest absolute Gasteiger partial charge is 0.489 e. The van der Waals surface area contributed by atoms with E-state index in [1.54, 1.807) is 0 Å². The highest BCUT2D eigenvalue weighted by Gasteiger charge is 2.06. The maximum absolute atomic E-state index is 10.9. The molecule has 0 aliphatic heterocycles. The van der Waals surface area contributed by atoms with E-state index in [0.29, 0.717) is 6.61 Å². The quantitative estimate of drug-likeness (QED) is 0.478. The number of hydrogen-bond donors (Lipinski definition) is 0. The average molecular weight is 321 g/mol. The van der Waals surface area contributed by atoms with E-state index >= 15 is 0 Å². The summed E-state index contributed by atoms with van der Waals surface area (Å²) in [7, 11) is 0. The molecule has 0 atom stereocenters. The Morgan fingerprint density at radius 3 is 2.79 bits per heavy atom. The summed E-state index contributed by atoms with van der Waals surface area (Å²) in [5, 5.41) is 2.22. The number of carbonyl (C=O) groups is 1. The second-order valence-electron chi connectivity index (χ2n) is 3.82. The van der Waals surface area contributed by atoms with Gasteiger partial charge in [-0.05, 0) is 32.8 Å². The molecule has 2 aromatic rings. The molecule has 0 N–H and O–H groups in total. The third-order valence-corrected chi connectivity index (χ3v) is 3.40. The minimum absolute atomic E-state index is 0.199. The molecule has 0 saturated heterocycles. The summed E-state index contributed by atoms with van der Waals surface area (Å²) in [6.07, 6.45) is 1.13. The Labute approximate surface area is 120 Å². The summed E-state index contributed by atoms with van der Waals surface area (Å²) < 4.78 is 11.3. The average Bonchev–Trinajstić information content (AvgIpc) is 2.45. The van der Waals surface area contributed by atoms with E-state index in [1.165, 1.54) is 0 Å². The van der Waals surface area contributed by atoms with E-state index in [4.69, 9.17) is 9.47 Å². The van der Waals surface area contributed by atoms with Crippen LogP contribution in [-0.4, -0.2) is 19.2 Å². The van der Waals surface area contributed by atoms with Gasteiger partial charge in [0.25, 0.3) is 0 Å². The molecule has 3 nitrogen and oxygen atoms in total. The van der Waals surface area contributed by atoms with Gasteiger partial charge in [-0.15, -0.1) is 0 Å². The summed E-state index contributed by atoms with van der Waals surface area (Å²) in [5.74, 6) is 0.287. The Hall–Kier alpha value is -1.81. The van der Waals surface area contributed by atoms with Crippen LogP contribution in [0.3, 0.4) is 0 Å². The number of hydrogen-bond acceptors (Lipinski definition) is 3. The number of rotatable bonds is 5. The summed E-state index contributed by atoms with van der Waals surface area (Å²) >= 11 is 3.53. The topological polar surface area (TPSA) is 35.5 Å². The van der Waals surface area contributed by atoms with Crippen LogP contribution in [-0.2, 0) is 9.53 Å². The molecule has 0 heterocycles. The van der Waals surface area contributed by atoms with Crippen molar-refractivity contribution in [2.24, 2.45) is 0 Å². The van der Waals surface area contributed by atoms with Crippen LogP contribution in [0.15, 0.2) is 53.5 Å². The van der Waals surface area contributed by atoms with Crippen LogP contribution in [0.2, 0.25) is 0 Å². The van der Waals surface area contributed by atoms with Crippen LogP contribution in [0.4, 0.5) is 0 Å². The highest BCUT2D eigenvalue weighted by Crippen LogP contribution is 2.32. The van der Waals surface area contributed by atoms with Crippen LogP contribution in [0.5, 0.6) is 5.75 Å². The zero-order chi connectivity index (χ0) is 13.7. The molecule has 0 spiro atoms. The highest BCUT2D eigenvalue weighted by molar-refractivity contribution is 9.10. The van der Waals surface area contributed by atoms with Crippen molar-refractivity contribution in [1.29, 1.82) is 0 Å². The van der Waals surface area contributed by atoms with Crippen LogP contribution in [0.25, 0.3) is 10.8 Å². The van der Waals surface area contributed by atoms with Crippen LogP contribution in [0, 0.1) is 0 Å². The van der Waals surface area contributed by atoms with Crippen molar-refractivity contribution in [2.75, 3.05) is 13.2 Å². The second-order valence-corrected chi connectivity index (χ2v) is 4.61. The highest BCUT2D eigenvalue weighted by atomic mass is 79.9. The van der Waals surface area contributed by atoms with Crippen molar-refractivity contribution in [3.8, 4) is 5.75 Å². The molecule has 0 amide bonds. The number of ether oxygens (including phenoxy) is 2. The monoisotopic (exact) mass is 320 g/mol. The van der Waals surface area contributed by atoms with Crippen molar-refractivity contribution in [3.63, 3.8) is 0 Å². The van der Waals surface area contributed by atoms with Crippen LogP contribution < -0.4 is 4.74 Å². The van der Waals surface area contributed by atoms with Crippen molar-refractivity contribution < 1.29 is 14.3 Å². The lowest BCUT2D eigenvalue weighted by Gasteiger charge is -2.10. The van der Waals surface area contributed by atoms with E-state index in [1.807, 2.05) is 36.4 Å². The first-order valence-corrected chi connectivity index (χ1v) is 6.61. The maximum Gasteiger partial charge on any atom is 0.330 e. The molecule has 19 heavy (non-hydrogen) atoms. The van der Waals surface area contributed by atoms with E-state index < -0.39 is 5.97 Å². The molecule has 98 valence electrons. The first kappa shape index (κ1) is 13.6. The first-order chi connectivity index (χ1) is 9.22. The third-order valence-electron chi connectivity index (χ3n) is 2.58. The standard InChI is InChI=1S/C15H13BrO3/c1-2-14(17)19-10-9-18-13-8-7-11-5-3-4-6-12(11)15(13)16/h2-8H,1,9-10H2. The molecule has 0 aromatic heterocycles. The fourth-order valence-electron chi connectivity index (χ4n) is 1.68. The molecular weight excluding hydrogens is 308 g/mol. The van der Waals surface area contributed by atoms with Gasteiger partial charge in [-0.25, -0.2) is 4.79 Å². The van der Waals surface area contributed by atoms with E-state index in [-0.39, 0.29) is 6.61 Å². The van der Waals surface area contributed by atoms with Gasteiger partial charge in [-0.3, -0.25) is 0 Å². The molecule has 2 aromatic carbocycles. The number of halogens is 1. The van der Waals surface area contributed by atoms with Gasteiger partial charge in [-0.1, -0.05) is 36.9 Å². The van der Waals surface area contributed by atoms with Gasteiger partial charge >= 0.3 is 5.97 Å². The molecule has 0 aliphatic rings. The van der Waals surface area contributed by atoms with E-state index in [2.05, 4.69) is 22.5 Å². The molecular formula is C15H13BrO3. The minimum atomic E-state index is -0.443. The fourth-order valence-corrected chi connectivity index (χ4v) is 2.29. The predicted molar refractivity (Wildman–Crippen MR) is 78.3 cm³/mol. The smallest absolute Gasteiger partial charge is 0.330 e. The summed E-state index contributed by atoms with van der Waals surface area (Å²) in [6.45, 7) is 3.82. The van der Waals surface area contributed by atoms with Gasteiger partial charge in [0.2, 0.25) is 0 Å². The van der Waals surface area contributed by atoms with Crippen molar-refractivity contribution >= 4 is 32.7 Å². The first-order valence-electron chi connectivity index (χ1n) is 5.81. The van der Waals surface area contributed by atoms with Gasteiger partial charge in [0.15, 0.2) is 0 Å². The normalized spacial score (nSPS) is 10.2. The summed E-state index contributed by atoms with van der Waals surface area (Å²) in [5.41, 5.74) is 0. The SMILES string of the molecule is C=CC(=O)OCCOc1ccc2ccccc2c1Br. The molecule has 0 saturated carbocycles. The lowest BCUT2D eigenvalue weighted by atomic mass is 10.1. The fraction of sp³-hybridized carbons (Fsp3) is 0.133. The van der Waals surface area contributed by atoms with Crippen LogP contribution in [0.1, 0.15) is 0 Å². The third kappa shape index (κ3) is 3.35. The Balaban J connectivity index is 2.03. The van der Waals surface area contributed by atoms with Gasteiger partial charge in [0.05, 0.1) is 4.47 Å². The van der Waals surface area contributed by atoms with Gasteiger partial charge in [0, 0.05) is 6.08 Å². The van der Waals surface area contributed by atoms with E-state index in [9.17, 15) is 4.79 Å². The Bertz CT molecular complexity index is 607. The molecule has 0 fully saturated rings. The zero-order valence-corrected chi connectivity index (χ0v) is 11.9. The lowest BCUT2D eigenvalue weighted by molar-refractivity contribution is -0.138. The summed E-state index contributed by atoms with van der Waals surface area (Å²) in [6, 6.07) is 11.9. The molecule has 0 unspecified atom stereocenters. The molecule has 4 heteroatoms. The predicted octanol–water partition coefficient (Wildman–Crippen LogP) is 3.71. The van der Waals surface area contributed by atoms with Gasteiger partial charge in [-0.2, -0.15) is 0 Å². The number of fused-ring (bicyclic) bond motifs is 1. The lowest BCUT2D eigenvalue weighted by Crippen LogP contribution is -2.10. The molecule has 0 radical (unpaired) electrons. The zero-order valence-electron chi connectivity index (χ0n) is 10.3. The number of carbonyl (C=O) groups excluding carboxylic acids is 1. The molecule has 0 bridgehead atoms. The van der Waals surface area contributed by atoms with Gasteiger partial charge < -0.3 is 9.47 Å². The van der Waals surface area contributed by atoms with Crippen LogP contribution >= 0.6 is 15.9 Å². The second kappa shape index (κ2) is 6.38. The van der Waals surface area contributed by atoms with Gasteiger partial charge in [0.1, 0.15) is 19.0 Å². The number of benzene rings is 2. The Morgan fingerprint density at radius 2 is 2.00 bits per heavy atom. The van der Waals surface area contributed by atoms with Crippen molar-refractivity contribution in [1.82, 2.24) is 0 Å². The maximum atomic E-state index is 10.9.